The van der Waals surface area contributed by atoms with Crippen molar-refractivity contribution >= 4 is 23.0 Å². The number of pyridine rings is 2. The third-order valence-corrected chi connectivity index (χ3v) is 6.48. The van der Waals surface area contributed by atoms with Gasteiger partial charge in [0, 0.05) is 32.4 Å². The molecule has 0 saturated carbocycles. The van der Waals surface area contributed by atoms with Crippen molar-refractivity contribution in [1.29, 1.82) is 0 Å². The zero-order valence-corrected chi connectivity index (χ0v) is 19.2. The third-order valence-electron chi connectivity index (χ3n) is 6.48. The van der Waals surface area contributed by atoms with Gasteiger partial charge in [-0.25, -0.2) is 23.7 Å². The zero-order chi connectivity index (χ0) is 26.6. The molecular weight excluding hydrogens is 500 g/mol. The number of fused-ring (bicyclic) bond motifs is 1. The van der Waals surface area contributed by atoms with E-state index in [0.717, 1.165) is 27.8 Å². The van der Waals surface area contributed by atoms with Crippen LogP contribution in [-0.2, 0) is 11.0 Å². The third kappa shape index (κ3) is 4.16. The molecule has 2 aliphatic rings. The number of imidazole rings is 1. The van der Waals surface area contributed by atoms with Crippen LogP contribution in [0, 0.1) is 0 Å². The molecule has 2 saturated heterocycles. The summed E-state index contributed by atoms with van der Waals surface area (Å²) in [6.07, 6.45) is -2.81. The molecule has 10 nitrogen and oxygen atoms in total. The predicted octanol–water partition coefficient (Wildman–Crippen LogP) is 1.67. The largest absolute Gasteiger partial charge is 0.433 e. The summed E-state index contributed by atoms with van der Waals surface area (Å²) in [7, 11) is 0. The molecule has 5 heterocycles. The number of carbonyl (C=O) groups is 2. The molecule has 2 aliphatic heterocycles. The summed E-state index contributed by atoms with van der Waals surface area (Å²) in [6.45, 7) is 3.26. The molecule has 37 heavy (non-hydrogen) atoms. The Morgan fingerprint density at radius 1 is 1.08 bits per heavy atom. The van der Waals surface area contributed by atoms with Crippen LogP contribution in [0.1, 0.15) is 28.5 Å². The van der Waals surface area contributed by atoms with Crippen molar-refractivity contribution in [2.75, 3.05) is 26.2 Å². The normalized spacial score (nSPS) is 18.4. The number of rotatable bonds is 4. The van der Waals surface area contributed by atoms with Crippen LogP contribution < -0.4 is 5.69 Å². The van der Waals surface area contributed by atoms with Gasteiger partial charge in [0.1, 0.15) is 11.2 Å². The molecule has 0 aliphatic carbocycles. The smallest absolute Gasteiger partial charge is 0.391 e. The highest BCUT2D eigenvalue weighted by Crippen LogP contribution is 2.31. The molecule has 0 bridgehead atoms. The van der Waals surface area contributed by atoms with E-state index in [-0.39, 0.29) is 42.0 Å². The van der Waals surface area contributed by atoms with Gasteiger partial charge in [-0.15, -0.1) is 0 Å². The highest BCUT2D eigenvalue weighted by Gasteiger charge is 2.38. The number of amides is 2. The van der Waals surface area contributed by atoms with Gasteiger partial charge in [0.15, 0.2) is 11.5 Å². The average Bonchev–Trinajstić information content (AvgIpc) is 3.38. The molecule has 0 unspecified atom stereocenters. The number of hydrogen-bond donors (Lipinski definition) is 1. The fourth-order valence-electron chi connectivity index (χ4n) is 4.62. The summed E-state index contributed by atoms with van der Waals surface area (Å²) >= 11 is 0. The topological polar surface area (TPSA) is 114 Å². The van der Waals surface area contributed by atoms with Crippen LogP contribution in [0.5, 0.6) is 0 Å². The minimum atomic E-state index is -4.68. The lowest BCUT2D eigenvalue weighted by Gasteiger charge is -2.39. The lowest BCUT2D eigenvalue weighted by atomic mass is 10.1. The second kappa shape index (κ2) is 8.80. The SMILES string of the molecule is C=C(F)C(=O)N1CC(n2c(=O)n(-c3ccc(C(F)(F)F)nc3)c3nccc(C(=O)N4CC[C@@H](O)C4)c32)C1. The maximum absolute atomic E-state index is 13.6. The van der Waals surface area contributed by atoms with Crippen LogP contribution in [0.2, 0.25) is 0 Å². The summed E-state index contributed by atoms with van der Waals surface area (Å²) in [5.41, 5.74) is -1.69. The first kappa shape index (κ1) is 24.6. The minimum absolute atomic E-state index is 0.00293. The second-order valence-corrected chi connectivity index (χ2v) is 8.88. The van der Waals surface area contributed by atoms with Gasteiger partial charge in [0.05, 0.1) is 29.6 Å². The van der Waals surface area contributed by atoms with E-state index in [9.17, 15) is 37.1 Å². The highest BCUT2D eigenvalue weighted by molar-refractivity contribution is 6.04. The van der Waals surface area contributed by atoms with E-state index in [0.29, 0.717) is 13.0 Å². The zero-order valence-electron chi connectivity index (χ0n) is 19.2. The number of likely N-dealkylation sites (tertiary alicyclic amines) is 2. The number of aliphatic hydroxyl groups is 1. The Labute approximate surface area is 206 Å². The fraction of sp³-hybridized carbons (Fsp3) is 0.348. The summed E-state index contributed by atoms with van der Waals surface area (Å²) < 4.78 is 54.7. The molecule has 0 spiro atoms. The van der Waals surface area contributed by atoms with Crippen molar-refractivity contribution in [3.05, 3.63) is 64.7 Å². The van der Waals surface area contributed by atoms with Gasteiger partial charge in [-0.3, -0.25) is 14.2 Å². The monoisotopic (exact) mass is 520 g/mol. The Balaban J connectivity index is 1.65. The molecule has 2 amide bonds. The van der Waals surface area contributed by atoms with E-state index >= 15 is 0 Å². The summed E-state index contributed by atoms with van der Waals surface area (Å²) in [4.78, 5) is 49.1. The lowest BCUT2D eigenvalue weighted by Crippen LogP contribution is -2.53. The number of nitrogens with zero attached hydrogens (tertiary/aromatic N) is 6. The van der Waals surface area contributed by atoms with Crippen molar-refractivity contribution in [3.8, 4) is 5.69 Å². The van der Waals surface area contributed by atoms with Gasteiger partial charge in [-0.05, 0) is 24.6 Å². The number of hydrogen-bond acceptors (Lipinski definition) is 6. The molecule has 5 rings (SSSR count). The fourth-order valence-corrected chi connectivity index (χ4v) is 4.62. The second-order valence-electron chi connectivity index (χ2n) is 8.88. The minimum Gasteiger partial charge on any atom is -0.391 e. The Bertz CT molecular complexity index is 1470. The number of alkyl halides is 3. The lowest BCUT2D eigenvalue weighted by molar-refractivity contribution is -0.141. The quantitative estimate of drug-likeness (QED) is 0.414. The standard InChI is InChI=1S/C23H20F4N6O4/c1-12(24)20(35)31-9-14(10-31)32-18-16(21(36)30-7-5-15(34)11-30)4-6-28-19(18)33(22(32)37)13-2-3-17(29-8-13)23(25,26)27/h2-4,6,8,14-15,34H,1,5,7,9-11H2/t15-/m1/s1. The van der Waals surface area contributed by atoms with Crippen LogP contribution in [0.15, 0.2) is 47.8 Å². The molecule has 0 aromatic carbocycles. The van der Waals surface area contributed by atoms with Crippen LogP contribution in [0.25, 0.3) is 16.9 Å². The van der Waals surface area contributed by atoms with Crippen molar-refractivity contribution in [3.63, 3.8) is 0 Å². The Hall–Kier alpha value is -4.07. The van der Waals surface area contributed by atoms with Crippen molar-refractivity contribution < 1.29 is 32.3 Å². The van der Waals surface area contributed by atoms with Crippen molar-refractivity contribution in [2.24, 2.45) is 0 Å². The molecular formula is C23H20F4N6O4. The molecule has 1 N–H and O–H groups in total. The summed E-state index contributed by atoms with van der Waals surface area (Å²) in [5, 5.41) is 9.87. The summed E-state index contributed by atoms with van der Waals surface area (Å²) in [5.74, 6) is -2.56. The number of aromatic nitrogens is 4. The van der Waals surface area contributed by atoms with Crippen molar-refractivity contribution in [2.45, 2.75) is 24.7 Å². The van der Waals surface area contributed by atoms with Gasteiger partial charge in [0.2, 0.25) is 0 Å². The number of aliphatic hydroxyl groups excluding tert-OH is 1. The summed E-state index contributed by atoms with van der Waals surface area (Å²) in [6, 6.07) is 2.53. The van der Waals surface area contributed by atoms with E-state index in [2.05, 4.69) is 16.5 Å². The Kier molecular flexibility index (Phi) is 5.85. The van der Waals surface area contributed by atoms with Gasteiger partial charge in [-0.1, -0.05) is 6.58 Å². The molecule has 0 radical (unpaired) electrons. The number of halogens is 4. The highest BCUT2D eigenvalue weighted by atomic mass is 19.4. The van der Waals surface area contributed by atoms with Crippen molar-refractivity contribution in [1.82, 2.24) is 28.9 Å². The maximum Gasteiger partial charge on any atom is 0.433 e. The molecule has 14 heteroatoms. The Morgan fingerprint density at radius 3 is 2.38 bits per heavy atom. The molecule has 1 atom stereocenters. The van der Waals surface area contributed by atoms with E-state index in [1.54, 1.807) is 0 Å². The van der Waals surface area contributed by atoms with Crippen LogP contribution in [-0.4, -0.2) is 78.1 Å². The molecule has 3 aromatic rings. The molecule has 3 aromatic heterocycles. The first-order chi connectivity index (χ1) is 17.5. The number of carbonyl (C=O) groups excluding carboxylic acids is 2. The van der Waals surface area contributed by atoms with Crippen LogP contribution in [0.3, 0.4) is 0 Å². The van der Waals surface area contributed by atoms with E-state index in [1.807, 2.05) is 0 Å². The maximum atomic E-state index is 13.6. The average molecular weight is 520 g/mol. The van der Waals surface area contributed by atoms with E-state index in [1.165, 1.54) is 21.7 Å². The molecule has 2 fully saturated rings. The van der Waals surface area contributed by atoms with E-state index < -0.39 is 47.3 Å². The van der Waals surface area contributed by atoms with Gasteiger partial charge >= 0.3 is 11.9 Å². The predicted molar refractivity (Wildman–Crippen MR) is 121 cm³/mol. The van der Waals surface area contributed by atoms with Gasteiger partial charge in [0.25, 0.3) is 11.8 Å². The molecule has 194 valence electrons. The Morgan fingerprint density at radius 2 is 1.81 bits per heavy atom. The van der Waals surface area contributed by atoms with E-state index in [4.69, 9.17) is 0 Å². The van der Waals surface area contributed by atoms with Crippen LogP contribution in [0.4, 0.5) is 17.6 Å². The van der Waals surface area contributed by atoms with Gasteiger partial charge < -0.3 is 14.9 Å². The van der Waals surface area contributed by atoms with Crippen LogP contribution >= 0.6 is 0 Å². The number of β-amino-alcohol motifs (C(OH)–C–C–N with tert-alkyl or cyclic N) is 1. The first-order valence-corrected chi connectivity index (χ1v) is 11.2. The van der Waals surface area contributed by atoms with Gasteiger partial charge in [-0.2, -0.15) is 13.2 Å². The first-order valence-electron chi connectivity index (χ1n) is 11.2.